The molecule has 0 aliphatic carbocycles. The Morgan fingerprint density at radius 2 is 1.84 bits per heavy atom. The van der Waals surface area contributed by atoms with Crippen LogP contribution in [0.15, 0.2) is 12.1 Å². The second kappa shape index (κ2) is 5.23. The van der Waals surface area contributed by atoms with Crippen molar-refractivity contribution < 1.29 is 9.84 Å². The zero-order valence-electron chi connectivity index (χ0n) is 12.7. The summed E-state index contributed by atoms with van der Waals surface area (Å²) in [5, 5.41) is 9.83. The average molecular weight is 263 g/mol. The first kappa shape index (κ1) is 14.5. The van der Waals surface area contributed by atoms with Gasteiger partial charge in [0.2, 0.25) is 0 Å². The fourth-order valence-corrected chi connectivity index (χ4v) is 3.13. The number of nitrogens with zero attached hydrogens (tertiary/aromatic N) is 1. The molecule has 3 heteroatoms. The highest BCUT2D eigenvalue weighted by molar-refractivity contribution is 5.41. The van der Waals surface area contributed by atoms with E-state index in [0.29, 0.717) is 13.2 Å². The number of benzene rings is 1. The Bertz CT molecular complexity index is 459. The van der Waals surface area contributed by atoms with Crippen LogP contribution in [-0.2, 0) is 4.74 Å². The molecule has 3 nitrogen and oxygen atoms in total. The largest absolute Gasteiger partial charge is 0.396 e. The lowest BCUT2D eigenvalue weighted by Crippen LogP contribution is -2.54. The van der Waals surface area contributed by atoms with Crippen molar-refractivity contribution in [2.24, 2.45) is 5.41 Å². The fourth-order valence-electron chi connectivity index (χ4n) is 3.13. The van der Waals surface area contributed by atoms with Gasteiger partial charge < -0.3 is 14.7 Å². The molecule has 106 valence electrons. The summed E-state index contributed by atoms with van der Waals surface area (Å²) in [6, 6.07) is 4.59. The number of rotatable bonds is 4. The second-order valence-electron chi connectivity index (χ2n) is 6.10. The van der Waals surface area contributed by atoms with Crippen molar-refractivity contribution in [1.29, 1.82) is 0 Å². The van der Waals surface area contributed by atoms with Gasteiger partial charge in [0, 0.05) is 6.04 Å². The lowest BCUT2D eigenvalue weighted by atomic mass is 9.73. The number of hydrogen-bond acceptors (Lipinski definition) is 3. The molecule has 0 aromatic heterocycles. The van der Waals surface area contributed by atoms with Gasteiger partial charge in [-0.3, -0.25) is 0 Å². The summed E-state index contributed by atoms with van der Waals surface area (Å²) >= 11 is 0. The van der Waals surface area contributed by atoms with Crippen molar-refractivity contribution in [3.63, 3.8) is 0 Å². The van der Waals surface area contributed by atoms with Crippen LogP contribution >= 0.6 is 0 Å². The summed E-state index contributed by atoms with van der Waals surface area (Å²) in [5.41, 5.74) is 5.15. The molecule has 1 N–H and O–H groups in total. The van der Waals surface area contributed by atoms with Crippen LogP contribution in [0.4, 0.5) is 0 Å². The Balaban J connectivity index is 2.49. The summed E-state index contributed by atoms with van der Waals surface area (Å²) in [7, 11) is 4.16. The van der Waals surface area contributed by atoms with E-state index in [1.807, 2.05) is 0 Å². The van der Waals surface area contributed by atoms with Gasteiger partial charge >= 0.3 is 0 Å². The number of aliphatic hydroxyl groups excluding tert-OH is 1. The van der Waals surface area contributed by atoms with Crippen molar-refractivity contribution in [3.05, 3.63) is 34.4 Å². The molecule has 1 aliphatic heterocycles. The standard InChI is InChI=1S/C16H25NO2/c1-11-6-7-14(13(3)12(11)2)15(17(4)5)16(8-18)9-19-10-16/h6-7,15,18H,8-10H2,1-5H3. The maximum atomic E-state index is 9.83. The number of aryl methyl sites for hydroxylation is 1. The Labute approximate surface area is 116 Å². The van der Waals surface area contributed by atoms with Crippen molar-refractivity contribution >= 4 is 0 Å². The van der Waals surface area contributed by atoms with Crippen LogP contribution in [0.5, 0.6) is 0 Å². The van der Waals surface area contributed by atoms with Gasteiger partial charge in [0.25, 0.3) is 0 Å². The van der Waals surface area contributed by atoms with Crippen LogP contribution in [0.25, 0.3) is 0 Å². The fraction of sp³-hybridized carbons (Fsp3) is 0.625. The molecule has 2 rings (SSSR count). The van der Waals surface area contributed by atoms with E-state index in [4.69, 9.17) is 4.74 Å². The van der Waals surface area contributed by atoms with Crippen LogP contribution < -0.4 is 0 Å². The first-order valence-corrected chi connectivity index (χ1v) is 6.84. The molecule has 1 saturated heterocycles. The smallest absolute Gasteiger partial charge is 0.0598 e. The average Bonchev–Trinajstić information content (AvgIpc) is 2.32. The molecule has 1 heterocycles. The highest BCUT2D eigenvalue weighted by Gasteiger charge is 2.47. The Morgan fingerprint density at radius 1 is 1.21 bits per heavy atom. The monoisotopic (exact) mass is 263 g/mol. The van der Waals surface area contributed by atoms with E-state index in [0.717, 1.165) is 0 Å². The van der Waals surface area contributed by atoms with Crippen molar-refractivity contribution in [1.82, 2.24) is 4.90 Å². The second-order valence-corrected chi connectivity index (χ2v) is 6.10. The molecule has 0 radical (unpaired) electrons. The summed E-state index contributed by atoms with van der Waals surface area (Å²) < 4.78 is 5.39. The summed E-state index contributed by atoms with van der Waals surface area (Å²) in [6.45, 7) is 7.94. The van der Waals surface area contributed by atoms with Crippen molar-refractivity contribution in [2.75, 3.05) is 33.9 Å². The summed E-state index contributed by atoms with van der Waals surface area (Å²) in [5.74, 6) is 0. The van der Waals surface area contributed by atoms with Crippen LogP contribution in [0.2, 0.25) is 0 Å². The maximum absolute atomic E-state index is 9.83. The quantitative estimate of drug-likeness (QED) is 0.904. The Hall–Kier alpha value is -0.900. The Morgan fingerprint density at radius 3 is 2.26 bits per heavy atom. The van der Waals surface area contributed by atoms with E-state index >= 15 is 0 Å². The molecule has 0 amide bonds. The number of ether oxygens (including phenoxy) is 1. The minimum absolute atomic E-state index is 0.157. The SMILES string of the molecule is Cc1ccc(C(N(C)C)C2(CO)COC2)c(C)c1C. The molecule has 0 spiro atoms. The van der Waals surface area contributed by atoms with E-state index in [9.17, 15) is 5.11 Å². The summed E-state index contributed by atoms with van der Waals surface area (Å²) in [4.78, 5) is 2.20. The molecule has 0 bridgehead atoms. The lowest BCUT2D eigenvalue weighted by molar-refractivity contribution is -0.172. The normalized spacial score (nSPS) is 19.3. The minimum atomic E-state index is -0.157. The molecule has 1 atom stereocenters. The van der Waals surface area contributed by atoms with E-state index in [2.05, 4.69) is 51.9 Å². The highest BCUT2D eigenvalue weighted by atomic mass is 16.5. The molecule has 1 unspecified atom stereocenters. The third-order valence-electron chi connectivity index (χ3n) is 4.58. The van der Waals surface area contributed by atoms with Crippen LogP contribution in [0.3, 0.4) is 0 Å². The Kier molecular flexibility index (Phi) is 4.00. The van der Waals surface area contributed by atoms with Crippen molar-refractivity contribution in [2.45, 2.75) is 26.8 Å². The van der Waals surface area contributed by atoms with Crippen LogP contribution in [-0.4, -0.2) is 43.9 Å². The molecule has 1 aromatic carbocycles. The molecule has 1 fully saturated rings. The first-order valence-electron chi connectivity index (χ1n) is 6.84. The molecular weight excluding hydrogens is 238 g/mol. The van der Waals surface area contributed by atoms with E-state index < -0.39 is 0 Å². The number of hydrogen-bond donors (Lipinski definition) is 1. The molecular formula is C16H25NO2. The topological polar surface area (TPSA) is 32.7 Å². The third-order valence-corrected chi connectivity index (χ3v) is 4.58. The lowest BCUT2D eigenvalue weighted by Gasteiger charge is -2.49. The zero-order valence-corrected chi connectivity index (χ0v) is 12.7. The minimum Gasteiger partial charge on any atom is -0.396 e. The van der Waals surface area contributed by atoms with Gasteiger partial charge in [-0.1, -0.05) is 12.1 Å². The van der Waals surface area contributed by atoms with Gasteiger partial charge in [-0.2, -0.15) is 0 Å². The maximum Gasteiger partial charge on any atom is 0.0598 e. The van der Waals surface area contributed by atoms with E-state index in [-0.39, 0.29) is 18.1 Å². The molecule has 19 heavy (non-hydrogen) atoms. The molecule has 1 aromatic rings. The van der Waals surface area contributed by atoms with Gasteiger partial charge in [-0.05, 0) is 57.1 Å². The number of aliphatic hydroxyl groups is 1. The van der Waals surface area contributed by atoms with E-state index in [1.54, 1.807) is 0 Å². The van der Waals surface area contributed by atoms with Gasteiger partial charge in [0.1, 0.15) is 0 Å². The zero-order chi connectivity index (χ0) is 14.2. The van der Waals surface area contributed by atoms with E-state index in [1.165, 1.54) is 22.3 Å². The van der Waals surface area contributed by atoms with Crippen molar-refractivity contribution in [3.8, 4) is 0 Å². The van der Waals surface area contributed by atoms with Gasteiger partial charge in [-0.15, -0.1) is 0 Å². The first-order chi connectivity index (χ1) is 8.93. The van der Waals surface area contributed by atoms with Gasteiger partial charge in [0.15, 0.2) is 0 Å². The van der Waals surface area contributed by atoms with Gasteiger partial charge in [-0.25, -0.2) is 0 Å². The highest BCUT2D eigenvalue weighted by Crippen LogP contribution is 2.44. The summed E-state index contributed by atoms with van der Waals surface area (Å²) in [6.07, 6.45) is 0. The predicted octanol–water partition coefficient (Wildman–Crippen LogP) is 2.22. The molecule has 0 saturated carbocycles. The van der Waals surface area contributed by atoms with Crippen LogP contribution in [0.1, 0.15) is 28.3 Å². The van der Waals surface area contributed by atoms with Gasteiger partial charge in [0.05, 0.1) is 25.2 Å². The third kappa shape index (κ3) is 2.31. The predicted molar refractivity (Wildman–Crippen MR) is 77.4 cm³/mol. The molecule has 1 aliphatic rings. The van der Waals surface area contributed by atoms with Crippen LogP contribution in [0, 0.1) is 26.2 Å².